The van der Waals surface area contributed by atoms with Gasteiger partial charge in [0.1, 0.15) is 18.7 Å². The van der Waals surface area contributed by atoms with Crippen molar-refractivity contribution in [3.63, 3.8) is 0 Å². The molecule has 172 valence electrons. The van der Waals surface area contributed by atoms with E-state index < -0.39 is 12.0 Å². The van der Waals surface area contributed by atoms with Crippen LogP contribution in [0.4, 0.5) is 10.5 Å². The number of hydrogen-bond donors (Lipinski definition) is 3. The summed E-state index contributed by atoms with van der Waals surface area (Å²) in [5, 5.41) is 28.2. The van der Waals surface area contributed by atoms with Gasteiger partial charge >= 0.3 is 6.09 Å². The summed E-state index contributed by atoms with van der Waals surface area (Å²) in [7, 11) is 0. The molecule has 0 atom stereocenters. The normalized spacial score (nSPS) is 17.4. The number of nitrogens with zero attached hydrogens (tertiary/aromatic N) is 5. The van der Waals surface area contributed by atoms with E-state index >= 15 is 0 Å². The first-order chi connectivity index (χ1) is 16.5. The average molecular weight is 458 g/mol. The second-order valence-electron chi connectivity index (χ2n) is 7.92. The quantitative estimate of drug-likeness (QED) is 0.472. The lowest BCUT2D eigenvalue weighted by Gasteiger charge is -2.29. The molecule has 1 aliphatic carbocycles. The Morgan fingerprint density at radius 2 is 1.97 bits per heavy atom. The largest absolute Gasteiger partial charge is 0.446 e. The van der Waals surface area contributed by atoms with E-state index in [0.717, 1.165) is 18.4 Å². The number of ether oxygens (including phenoxy) is 1. The van der Waals surface area contributed by atoms with Crippen LogP contribution in [0.2, 0.25) is 0 Å². The van der Waals surface area contributed by atoms with Gasteiger partial charge in [0.2, 0.25) is 0 Å². The van der Waals surface area contributed by atoms with Gasteiger partial charge in [-0.3, -0.25) is 9.78 Å². The molecule has 34 heavy (non-hydrogen) atoms. The Morgan fingerprint density at radius 3 is 2.68 bits per heavy atom. The number of rotatable bonds is 6. The first-order valence-electron chi connectivity index (χ1n) is 10.7. The number of carbonyl (C=O) groups excluding carboxylic acids is 2. The Balaban J connectivity index is 1.63. The first-order valence-corrected chi connectivity index (χ1v) is 10.7. The second-order valence-corrected chi connectivity index (χ2v) is 7.92. The molecule has 0 spiro atoms. The molecule has 0 aliphatic heterocycles. The molecule has 0 saturated heterocycles. The Kier molecular flexibility index (Phi) is 6.55. The molecule has 1 saturated carbocycles. The van der Waals surface area contributed by atoms with Crippen LogP contribution in [0.3, 0.4) is 0 Å². The zero-order valence-electron chi connectivity index (χ0n) is 18.2. The fourth-order valence-corrected chi connectivity index (χ4v) is 4.07. The molecule has 3 aromatic rings. The summed E-state index contributed by atoms with van der Waals surface area (Å²) in [6, 6.07) is 11.2. The molecule has 0 bridgehead atoms. The third-order valence-corrected chi connectivity index (χ3v) is 5.69. The van der Waals surface area contributed by atoms with Crippen molar-refractivity contribution in [3.05, 3.63) is 47.8 Å². The van der Waals surface area contributed by atoms with Gasteiger partial charge in [-0.2, -0.15) is 15.6 Å². The molecule has 2 amide bonds. The maximum atomic E-state index is 12.7. The van der Waals surface area contributed by atoms with Crippen molar-refractivity contribution in [2.75, 3.05) is 11.9 Å². The van der Waals surface area contributed by atoms with E-state index in [1.807, 2.05) is 18.2 Å². The number of pyridine rings is 1. The SMILES string of the molecule is N#CCNC(=O)c1cnc(-c2ccc3cc(C#N)cnn23)cc1NC1CCC(OC(N)=O)CC1. The summed E-state index contributed by atoms with van der Waals surface area (Å²) in [5.41, 5.74) is 8.49. The van der Waals surface area contributed by atoms with Gasteiger partial charge in [0.25, 0.3) is 5.91 Å². The summed E-state index contributed by atoms with van der Waals surface area (Å²) in [6.07, 6.45) is 4.72. The highest BCUT2D eigenvalue weighted by atomic mass is 16.6. The highest BCUT2D eigenvalue weighted by Gasteiger charge is 2.25. The van der Waals surface area contributed by atoms with E-state index in [1.165, 1.54) is 12.4 Å². The van der Waals surface area contributed by atoms with E-state index in [4.69, 9.17) is 21.0 Å². The maximum Gasteiger partial charge on any atom is 0.404 e. The van der Waals surface area contributed by atoms with E-state index in [2.05, 4.69) is 26.8 Å². The summed E-state index contributed by atoms with van der Waals surface area (Å²) in [6.45, 7) is -0.121. The minimum absolute atomic E-state index is 0.0471. The van der Waals surface area contributed by atoms with Gasteiger partial charge in [0.05, 0.1) is 46.0 Å². The summed E-state index contributed by atoms with van der Waals surface area (Å²) >= 11 is 0. The second kappa shape index (κ2) is 9.88. The predicted octanol–water partition coefficient (Wildman–Crippen LogP) is 2.34. The lowest BCUT2D eigenvalue weighted by atomic mass is 9.92. The van der Waals surface area contributed by atoms with E-state index in [1.54, 1.807) is 16.6 Å². The zero-order valence-corrected chi connectivity index (χ0v) is 18.2. The number of nitriles is 2. The first kappa shape index (κ1) is 22.6. The predicted molar refractivity (Wildman–Crippen MR) is 121 cm³/mol. The molecule has 0 unspecified atom stereocenters. The van der Waals surface area contributed by atoms with Crippen molar-refractivity contribution in [3.8, 4) is 23.5 Å². The molecule has 3 aromatic heterocycles. The molecule has 1 fully saturated rings. The number of nitrogens with two attached hydrogens (primary N) is 1. The van der Waals surface area contributed by atoms with Crippen LogP contribution >= 0.6 is 0 Å². The minimum atomic E-state index is -0.776. The molecule has 4 rings (SSSR count). The standard InChI is InChI=1S/C23H22N8O3/c24-7-8-27-22(32)18-13-28-20(21-6-3-16-9-14(11-25)12-29-31(16)21)10-19(18)30-15-1-4-17(5-2-15)34-23(26)33/h3,6,9-10,12-13,15,17H,1-2,4-5,8H2,(H2,26,33)(H,27,32)(H,28,30). The van der Waals surface area contributed by atoms with Crippen molar-refractivity contribution < 1.29 is 14.3 Å². The molecule has 3 heterocycles. The number of aromatic nitrogens is 3. The van der Waals surface area contributed by atoms with Crippen molar-refractivity contribution in [1.82, 2.24) is 19.9 Å². The Labute approximate surface area is 195 Å². The number of carbonyl (C=O) groups is 2. The van der Waals surface area contributed by atoms with Gasteiger partial charge in [-0.15, -0.1) is 0 Å². The third kappa shape index (κ3) is 4.89. The van der Waals surface area contributed by atoms with Crippen molar-refractivity contribution in [1.29, 1.82) is 10.5 Å². The van der Waals surface area contributed by atoms with E-state index in [0.29, 0.717) is 41.0 Å². The fraction of sp³-hybridized carbons (Fsp3) is 0.304. The van der Waals surface area contributed by atoms with Crippen LogP contribution in [0, 0.1) is 22.7 Å². The molecule has 11 heteroatoms. The number of hydrogen-bond acceptors (Lipinski definition) is 8. The Bertz CT molecular complexity index is 1310. The fourth-order valence-electron chi connectivity index (χ4n) is 4.07. The third-order valence-electron chi connectivity index (χ3n) is 5.69. The van der Waals surface area contributed by atoms with Crippen LogP contribution in [-0.2, 0) is 4.74 Å². The lowest BCUT2D eigenvalue weighted by molar-refractivity contribution is 0.0804. The lowest BCUT2D eigenvalue weighted by Crippen LogP contribution is -2.33. The van der Waals surface area contributed by atoms with E-state index in [9.17, 15) is 9.59 Å². The van der Waals surface area contributed by atoms with Gasteiger partial charge in [-0.05, 0) is 49.9 Å². The topological polar surface area (TPSA) is 171 Å². The smallest absolute Gasteiger partial charge is 0.404 e. The van der Waals surface area contributed by atoms with Gasteiger partial charge < -0.3 is 21.1 Å². The summed E-state index contributed by atoms with van der Waals surface area (Å²) in [4.78, 5) is 28.1. The molecule has 11 nitrogen and oxygen atoms in total. The molecule has 4 N–H and O–H groups in total. The minimum Gasteiger partial charge on any atom is -0.446 e. The van der Waals surface area contributed by atoms with Crippen LogP contribution < -0.4 is 16.4 Å². The highest BCUT2D eigenvalue weighted by Crippen LogP contribution is 2.29. The number of nitrogens with one attached hydrogen (secondary N) is 2. The van der Waals surface area contributed by atoms with Crippen molar-refractivity contribution in [2.24, 2.45) is 5.73 Å². The van der Waals surface area contributed by atoms with Gasteiger partial charge in [-0.1, -0.05) is 0 Å². The van der Waals surface area contributed by atoms with Gasteiger partial charge in [0.15, 0.2) is 0 Å². The number of anilines is 1. The summed E-state index contributed by atoms with van der Waals surface area (Å²) in [5.74, 6) is -0.411. The zero-order chi connectivity index (χ0) is 24.1. The molecule has 0 aromatic carbocycles. The summed E-state index contributed by atoms with van der Waals surface area (Å²) < 4.78 is 6.77. The van der Waals surface area contributed by atoms with Gasteiger partial charge in [-0.25, -0.2) is 9.31 Å². The Hall–Kier alpha value is -4.64. The van der Waals surface area contributed by atoms with Crippen molar-refractivity contribution in [2.45, 2.75) is 37.8 Å². The van der Waals surface area contributed by atoms with Crippen LogP contribution in [0.1, 0.15) is 41.6 Å². The molecular weight excluding hydrogens is 436 g/mol. The monoisotopic (exact) mass is 458 g/mol. The van der Waals surface area contributed by atoms with Crippen LogP contribution in [-0.4, -0.2) is 45.3 Å². The van der Waals surface area contributed by atoms with Crippen LogP contribution in [0.5, 0.6) is 0 Å². The highest BCUT2D eigenvalue weighted by molar-refractivity contribution is 6.00. The van der Waals surface area contributed by atoms with E-state index in [-0.39, 0.29) is 18.7 Å². The molecule has 0 radical (unpaired) electrons. The van der Waals surface area contributed by atoms with Gasteiger partial charge in [0, 0.05) is 12.2 Å². The maximum absolute atomic E-state index is 12.7. The number of primary amides is 1. The average Bonchev–Trinajstić information content (AvgIpc) is 3.26. The number of amides is 2. The Morgan fingerprint density at radius 1 is 1.18 bits per heavy atom. The number of fused-ring (bicyclic) bond motifs is 1. The molecule has 1 aliphatic rings. The van der Waals surface area contributed by atoms with Crippen molar-refractivity contribution >= 4 is 23.2 Å². The van der Waals surface area contributed by atoms with Crippen LogP contribution in [0.25, 0.3) is 16.9 Å². The van der Waals surface area contributed by atoms with Crippen LogP contribution in [0.15, 0.2) is 36.7 Å². The molecular formula is C23H22N8O3.